The highest BCUT2D eigenvalue weighted by molar-refractivity contribution is 7.92. The van der Waals surface area contributed by atoms with Crippen LogP contribution >= 0.6 is 0 Å². The fourth-order valence-corrected chi connectivity index (χ4v) is 2.61. The second-order valence-electron chi connectivity index (χ2n) is 3.76. The first kappa shape index (κ1) is 12.6. The molecule has 1 N–H and O–H groups in total. The van der Waals surface area contributed by atoms with Gasteiger partial charge >= 0.3 is 0 Å². The van der Waals surface area contributed by atoms with Crippen LogP contribution in [0, 0.1) is 19.7 Å². The van der Waals surface area contributed by atoms with Gasteiger partial charge in [-0.1, -0.05) is 5.16 Å². The number of hydrogen-bond donors (Lipinski definition) is 1. The largest absolute Gasteiger partial charge is 0.359 e. The quantitative estimate of drug-likeness (QED) is 0.928. The lowest BCUT2D eigenvalue weighted by Crippen LogP contribution is -2.13. The van der Waals surface area contributed by atoms with Crippen LogP contribution in [0.25, 0.3) is 0 Å². The van der Waals surface area contributed by atoms with Gasteiger partial charge in [0, 0.05) is 0 Å². The van der Waals surface area contributed by atoms with Gasteiger partial charge in [0.15, 0.2) is 5.76 Å². The van der Waals surface area contributed by atoms with E-state index in [9.17, 15) is 12.8 Å². The van der Waals surface area contributed by atoms with Crippen molar-refractivity contribution in [1.29, 1.82) is 0 Å². The van der Waals surface area contributed by atoms with Crippen LogP contribution in [-0.4, -0.2) is 13.6 Å². The molecule has 0 radical (unpaired) electrons. The average molecular weight is 270 g/mol. The lowest BCUT2D eigenvalue weighted by molar-refractivity contribution is 0.393. The summed E-state index contributed by atoms with van der Waals surface area (Å²) < 4.78 is 44.0. The smallest absolute Gasteiger partial charge is 0.262 e. The zero-order chi connectivity index (χ0) is 13.3. The summed E-state index contributed by atoms with van der Waals surface area (Å²) in [6.45, 7) is 3.22. The first-order chi connectivity index (χ1) is 8.40. The van der Waals surface area contributed by atoms with Crippen molar-refractivity contribution in [1.82, 2.24) is 5.16 Å². The van der Waals surface area contributed by atoms with Gasteiger partial charge in [0.2, 0.25) is 0 Å². The number of halogens is 1. The molecule has 0 atom stereocenters. The molecule has 1 aromatic carbocycles. The van der Waals surface area contributed by atoms with E-state index in [4.69, 9.17) is 4.52 Å². The highest BCUT2D eigenvalue weighted by atomic mass is 32.2. The third-order valence-corrected chi connectivity index (χ3v) is 3.76. The molecule has 0 aliphatic rings. The maximum atomic E-state index is 12.7. The summed E-state index contributed by atoms with van der Waals surface area (Å²) in [5.41, 5.74) is 0.748. The van der Waals surface area contributed by atoms with E-state index in [0.717, 1.165) is 12.1 Å². The van der Waals surface area contributed by atoms with Crippen molar-refractivity contribution in [3.8, 4) is 0 Å². The van der Waals surface area contributed by atoms with Gasteiger partial charge in [-0.3, -0.25) is 4.72 Å². The van der Waals surface area contributed by atoms with Gasteiger partial charge in [0.25, 0.3) is 10.0 Å². The molecule has 0 bridgehead atoms. The van der Waals surface area contributed by atoms with Crippen LogP contribution in [0.3, 0.4) is 0 Å². The molecule has 5 nitrogen and oxygen atoms in total. The van der Waals surface area contributed by atoms with Crippen LogP contribution in [0.4, 0.5) is 10.1 Å². The van der Waals surface area contributed by atoms with Gasteiger partial charge in [0.05, 0.1) is 4.90 Å². The Morgan fingerprint density at radius 1 is 1.22 bits per heavy atom. The van der Waals surface area contributed by atoms with Crippen molar-refractivity contribution < 1.29 is 17.3 Å². The molecular formula is C11H11FN2O3S. The van der Waals surface area contributed by atoms with E-state index in [0.29, 0.717) is 17.1 Å². The fraction of sp³-hybridized carbons (Fsp3) is 0.182. The molecule has 1 heterocycles. The lowest BCUT2D eigenvalue weighted by atomic mass is 10.3. The van der Waals surface area contributed by atoms with E-state index in [1.54, 1.807) is 13.8 Å². The summed E-state index contributed by atoms with van der Waals surface area (Å²) in [5.74, 6) is -0.121. The summed E-state index contributed by atoms with van der Waals surface area (Å²) in [6.07, 6.45) is 0. The minimum absolute atomic E-state index is 0.0242. The Balaban J connectivity index is 2.36. The van der Waals surface area contributed by atoms with Crippen LogP contribution in [0.2, 0.25) is 0 Å². The topological polar surface area (TPSA) is 72.2 Å². The molecule has 0 spiro atoms. The highest BCUT2D eigenvalue weighted by Crippen LogP contribution is 2.22. The van der Waals surface area contributed by atoms with Gasteiger partial charge in [-0.2, -0.15) is 0 Å². The Morgan fingerprint density at radius 3 is 2.33 bits per heavy atom. The van der Waals surface area contributed by atoms with Crippen molar-refractivity contribution in [2.45, 2.75) is 18.7 Å². The fourth-order valence-electron chi connectivity index (χ4n) is 1.44. The lowest BCUT2D eigenvalue weighted by Gasteiger charge is -2.07. The van der Waals surface area contributed by atoms with Gasteiger partial charge in [-0.05, 0) is 38.1 Å². The second-order valence-corrected chi connectivity index (χ2v) is 5.44. The molecule has 96 valence electrons. The number of nitrogens with zero attached hydrogens (tertiary/aromatic N) is 1. The van der Waals surface area contributed by atoms with E-state index in [1.165, 1.54) is 12.1 Å². The van der Waals surface area contributed by atoms with Crippen molar-refractivity contribution in [2.24, 2.45) is 0 Å². The van der Waals surface area contributed by atoms with E-state index < -0.39 is 15.8 Å². The first-order valence-corrected chi connectivity index (χ1v) is 6.60. The van der Waals surface area contributed by atoms with Crippen LogP contribution in [0.15, 0.2) is 33.7 Å². The number of aromatic nitrogens is 1. The minimum Gasteiger partial charge on any atom is -0.359 e. The highest BCUT2D eigenvalue weighted by Gasteiger charge is 2.19. The number of aryl methyl sites for hydroxylation is 2. The second kappa shape index (κ2) is 4.41. The Hall–Kier alpha value is -1.89. The molecule has 2 rings (SSSR count). The predicted molar refractivity (Wildman–Crippen MR) is 63.2 cm³/mol. The maximum absolute atomic E-state index is 12.7. The molecule has 0 saturated heterocycles. The van der Waals surface area contributed by atoms with Gasteiger partial charge in [0.1, 0.15) is 17.2 Å². The summed E-state index contributed by atoms with van der Waals surface area (Å²) in [6, 6.07) is 4.55. The Bertz CT molecular complexity index is 643. The molecule has 0 aliphatic carbocycles. The van der Waals surface area contributed by atoms with Crippen molar-refractivity contribution in [3.05, 3.63) is 41.5 Å². The molecule has 0 fully saturated rings. The summed E-state index contributed by atoms with van der Waals surface area (Å²) >= 11 is 0. The van der Waals surface area contributed by atoms with Crippen molar-refractivity contribution >= 4 is 15.7 Å². The average Bonchev–Trinajstić information content (AvgIpc) is 2.61. The van der Waals surface area contributed by atoms with E-state index in [-0.39, 0.29) is 4.90 Å². The van der Waals surface area contributed by atoms with Crippen LogP contribution in [0.5, 0.6) is 0 Å². The molecule has 2 aromatic rings. The SMILES string of the molecule is Cc1noc(C)c1NS(=O)(=O)c1ccc(F)cc1. The van der Waals surface area contributed by atoms with E-state index in [2.05, 4.69) is 9.88 Å². The predicted octanol–water partition coefficient (Wildman–Crippen LogP) is 2.23. The number of benzene rings is 1. The molecular weight excluding hydrogens is 259 g/mol. The third-order valence-electron chi connectivity index (χ3n) is 2.39. The molecule has 0 saturated carbocycles. The zero-order valence-corrected chi connectivity index (χ0v) is 10.6. The first-order valence-electron chi connectivity index (χ1n) is 5.11. The molecule has 7 heteroatoms. The van der Waals surface area contributed by atoms with Gasteiger partial charge in [-0.25, -0.2) is 12.8 Å². The summed E-state index contributed by atoms with van der Waals surface area (Å²) in [4.78, 5) is -0.0242. The monoisotopic (exact) mass is 270 g/mol. The van der Waals surface area contributed by atoms with E-state index >= 15 is 0 Å². The molecule has 18 heavy (non-hydrogen) atoms. The number of sulfonamides is 1. The standard InChI is InChI=1S/C11H11FN2O3S/c1-7-11(8(2)17-13-7)14-18(15,16)10-5-3-9(12)4-6-10/h3-6,14H,1-2H3. The number of nitrogens with one attached hydrogen (secondary N) is 1. The summed E-state index contributed by atoms with van der Waals surface area (Å²) in [5, 5.41) is 3.65. The van der Waals surface area contributed by atoms with Crippen LogP contribution in [-0.2, 0) is 10.0 Å². The Kier molecular flexibility index (Phi) is 3.08. The maximum Gasteiger partial charge on any atom is 0.262 e. The number of rotatable bonds is 3. The van der Waals surface area contributed by atoms with Crippen LogP contribution in [0.1, 0.15) is 11.5 Å². The molecule has 0 amide bonds. The third kappa shape index (κ3) is 2.35. The van der Waals surface area contributed by atoms with Crippen molar-refractivity contribution in [2.75, 3.05) is 4.72 Å². The number of hydrogen-bond acceptors (Lipinski definition) is 4. The van der Waals surface area contributed by atoms with Crippen LogP contribution < -0.4 is 4.72 Å². The van der Waals surface area contributed by atoms with E-state index in [1.807, 2.05) is 0 Å². The van der Waals surface area contributed by atoms with Crippen molar-refractivity contribution in [3.63, 3.8) is 0 Å². The number of anilines is 1. The molecule has 1 aromatic heterocycles. The Labute approximate surface area is 104 Å². The summed E-state index contributed by atoms with van der Waals surface area (Å²) in [7, 11) is -3.76. The zero-order valence-electron chi connectivity index (χ0n) is 9.77. The Morgan fingerprint density at radius 2 is 1.83 bits per heavy atom. The molecule has 0 aliphatic heterocycles. The van der Waals surface area contributed by atoms with Gasteiger partial charge < -0.3 is 4.52 Å². The normalized spacial score (nSPS) is 11.5. The molecule has 0 unspecified atom stereocenters. The minimum atomic E-state index is -3.76. The van der Waals surface area contributed by atoms with Gasteiger partial charge in [-0.15, -0.1) is 0 Å².